The fourth-order valence-electron chi connectivity index (χ4n) is 3.56. The summed E-state index contributed by atoms with van der Waals surface area (Å²) in [6.07, 6.45) is 0. The molecule has 0 aliphatic carbocycles. The molecule has 0 radical (unpaired) electrons. The Hall–Kier alpha value is -3.65. The van der Waals surface area contributed by atoms with Crippen LogP contribution in [0.5, 0.6) is 0 Å². The van der Waals surface area contributed by atoms with Crippen LogP contribution in [0.1, 0.15) is 16.1 Å². The van der Waals surface area contributed by atoms with E-state index < -0.39 is 5.91 Å². The number of aromatic nitrogens is 1. The number of benzene rings is 3. The van der Waals surface area contributed by atoms with E-state index in [1.165, 1.54) is 0 Å². The van der Waals surface area contributed by atoms with Gasteiger partial charge in [0.05, 0.1) is 10.0 Å². The van der Waals surface area contributed by atoms with Crippen molar-refractivity contribution in [3.8, 4) is 22.8 Å². The van der Waals surface area contributed by atoms with Crippen molar-refractivity contribution in [1.29, 1.82) is 0 Å². The number of nitrogens with one attached hydrogen (secondary N) is 2. The summed E-state index contributed by atoms with van der Waals surface area (Å²) in [5, 5.41) is 6.45. The molecule has 2 N–H and O–H groups in total. The number of fused-ring (bicyclic) bond motifs is 1. The first-order valence-electron chi connectivity index (χ1n) is 10.5. The molecule has 0 bridgehead atoms. The summed E-state index contributed by atoms with van der Waals surface area (Å²) < 4.78 is 11.6. The van der Waals surface area contributed by atoms with Crippen molar-refractivity contribution in [2.45, 2.75) is 6.92 Å². The first kappa shape index (κ1) is 23.1. The second-order valence-corrected chi connectivity index (χ2v) is 8.88. The van der Waals surface area contributed by atoms with Crippen molar-refractivity contribution in [3.05, 3.63) is 94.2 Å². The third kappa shape index (κ3) is 4.79. The van der Waals surface area contributed by atoms with Gasteiger partial charge in [-0.1, -0.05) is 47.5 Å². The van der Waals surface area contributed by atoms with E-state index in [1.54, 1.807) is 48.5 Å². The Labute approximate surface area is 215 Å². The zero-order valence-corrected chi connectivity index (χ0v) is 20.6. The average Bonchev–Trinajstić information content (AvgIpc) is 3.48. The summed E-state index contributed by atoms with van der Waals surface area (Å²) in [5.74, 6) is 0.535. The lowest BCUT2D eigenvalue weighted by molar-refractivity contribution is 0.0951. The Bertz CT molecular complexity index is 1590. The molecular weight excluding hydrogens is 505 g/mol. The molecule has 2 heterocycles. The van der Waals surface area contributed by atoms with Crippen molar-refractivity contribution in [2.24, 2.45) is 0 Å². The molecule has 9 heteroatoms. The largest absolute Gasteiger partial charge is 0.451 e. The molecule has 0 unspecified atom stereocenters. The van der Waals surface area contributed by atoms with Crippen LogP contribution in [0.4, 0.5) is 5.69 Å². The number of oxazole rings is 1. The molecule has 1 amide bonds. The molecule has 0 aliphatic heterocycles. The Balaban J connectivity index is 1.28. The summed E-state index contributed by atoms with van der Waals surface area (Å²) in [4.78, 5) is 17.2. The van der Waals surface area contributed by atoms with Gasteiger partial charge in [0, 0.05) is 16.8 Å². The van der Waals surface area contributed by atoms with E-state index in [9.17, 15) is 4.79 Å². The molecule has 2 aromatic heterocycles. The van der Waals surface area contributed by atoms with Crippen LogP contribution in [0.15, 0.2) is 81.6 Å². The molecule has 5 rings (SSSR count). The van der Waals surface area contributed by atoms with Gasteiger partial charge in [0.2, 0.25) is 5.89 Å². The molecule has 0 saturated carbocycles. The molecule has 3 aromatic carbocycles. The van der Waals surface area contributed by atoms with E-state index in [0.29, 0.717) is 44.0 Å². The van der Waals surface area contributed by atoms with Crippen LogP contribution in [0, 0.1) is 6.92 Å². The standard InChI is InChI=1S/C26H17Cl2N3O3S/c1-14-5-2-3-6-16(14)25-30-19-13-15(9-10-21(19)34-25)29-26(35)31-24(32)22-12-11-20(33-22)17-7-4-8-18(27)23(17)28/h2-13H,1H3,(H2,29,31,32,35). The highest BCUT2D eigenvalue weighted by Gasteiger charge is 2.17. The number of anilines is 1. The molecule has 0 fully saturated rings. The summed E-state index contributed by atoms with van der Waals surface area (Å²) in [5.41, 5.74) is 4.55. The van der Waals surface area contributed by atoms with Gasteiger partial charge in [-0.3, -0.25) is 10.1 Å². The summed E-state index contributed by atoms with van der Waals surface area (Å²) in [6.45, 7) is 2.00. The van der Waals surface area contributed by atoms with Gasteiger partial charge in [0.15, 0.2) is 16.5 Å². The van der Waals surface area contributed by atoms with Gasteiger partial charge >= 0.3 is 0 Å². The van der Waals surface area contributed by atoms with E-state index in [1.807, 2.05) is 31.2 Å². The molecular formula is C26H17Cl2N3O3S. The first-order chi connectivity index (χ1) is 16.9. The second-order valence-electron chi connectivity index (χ2n) is 7.69. The number of amides is 1. The molecule has 0 saturated heterocycles. The van der Waals surface area contributed by atoms with Crippen molar-refractivity contribution in [3.63, 3.8) is 0 Å². The minimum atomic E-state index is -0.503. The monoisotopic (exact) mass is 521 g/mol. The second kappa shape index (κ2) is 9.54. The Morgan fingerprint density at radius 3 is 2.57 bits per heavy atom. The normalized spacial score (nSPS) is 10.9. The highest BCUT2D eigenvalue weighted by atomic mass is 35.5. The quantitative estimate of drug-likeness (QED) is 0.238. The van der Waals surface area contributed by atoms with Crippen molar-refractivity contribution >= 4 is 63.2 Å². The van der Waals surface area contributed by atoms with Crippen LogP contribution in [-0.4, -0.2) is 16.0 Å². The summed E-state index contributed by atoms with van der Waals surface area (Å²) >= 11 is 17.6. The number of furan rings is 1. The number of rotatable bonds is 4. The maximum atomic E-state index is 12.6. The molecule has 5 aromatic rings. The van der Waals surface area contributed by atoms with Gasteiger partial charge in [-0.05, 0) is 73.2 Å². The van der Waals surface area contributed by atoms with E-state index in [-0.39, 0.29) is 10.9 Å². The lowest BCUT2D eigenvalue weighted by Gasteiger charge is -2.08. The highest BCUT2D eigenvalue weighted by molar-refractivity contribution is 7.80. The Morgan fingerprint density at radius 1 is 0.943 bits per heavy atom. The first-order valence-corrected chi connectivity index (χ1v) is 11.7. The Kier molecular flexibility index (Phi) is 6.30. The lowest BCUT2D eigenvalue weighted by atomic mass is 10.1. The predicted octanol–water partition coefficient (Wildman–Crippen LogP) is 7.50. The average molecular weight is 522 g/mol. The lowest BCUT2D eigenvalue weighted by Crippen LogP contribution is -2.33. The molecule has 6 nitrogen and oxygen atoms in total. The smallest absolute Gasteiger partial charge is 0.293 e. The predicted molar refractivity (Wildman–Crippen MR) is 142 cm³/mol. The molecule has 0 aliphatic rings. The minimum Gasteiger partial charge on any atom is -0.451 e. The third-order valence-corrected chi connectivity index (χ3v) is 6.32. The Morgan fingerprint density at radius 2 is 1.74 bits per heavy atom. The van der Waals surface area contributed by atoms with Crippen molar-refractivity contribution in [1.82, 2.24) is 10.3 Å². The maximum absolute atomic E-state index is 12.6. The van der Waals surface area contributed by atoms with E-state index in [2.05, 4.69) is 15.6 Å². The van der Waals surface area contributed by atoms with Crippen LogP contribution in [0.3, 0.4) is 0 Å². The van der Waals surface area contributed by atoms with Crippen LogP contribution in [0.25, 0.3) is 33.9 Å². The van der Waals surface area contributed by atoms with E-state index >= 15 is 0 Å². The number of carbonyl (C=O) groups excluding carboxylic acids is 1. The highest BCUT2D eigenvalue weighted by Crippen LogP contribution is 2.34. The SMILES string of the molecule is Cc1ccccc1-c1nc2cc(NC(=S)NC(=O)c3ccc(-c4cccc(Cl)c4Cl)o3)ccc2o1. The van der Waals surface area contributed by atoms with Crippen LogP contribution >= 0.6 is 35.4 Å². The summed E-state index contributed by atoms with van der Waals surface area (Å²) in [7, 11) is 0. The summed E-state index contributed by atoms with van der Waals surface area (Å²) in [6, 6.07) is 21.6. The van der Waals surface area contributed by atoms with Crippen LogP contribution < -0.4 is 10.6 Å². The number of nitrogens with zero attached hydrogens (tertiary/aromatic N) is 1. The van der Waals surface area contributed by atoms with Crippen molar-refractivity contribution < 1.29 is 13.6 Å². The third-order valence-electron chi connectivity index (χ3n) is 5.29. The van der Waals surface area contributed by atoms with Crippen molar-refractivity contribution in [2.75, 3.05) is 5.32 Å². The molecule has 0 atom stereocenters. The fourth-order valence-corrected chi connectivity index (χ4v) is 4.16. The van der Waals surface area contributed by atoms with Gasteiger partial charge in [0.1, 0.15) is 11.3 Å². The number of carbonyl (C=O) groups is 1. The van der Waals surface area contributed by atoms with Crippen LogP contribution in [-0.2, 0) is 0 Å². The van der Waals surface area contributed by atoms with E-state index in [4.69, 9.17) is 44.3 Å². The molecule has 174 valence electrons. The van der Waals surface area contributed by atoms with E-state index in [0.717, 1.165) is 11.1 Å². The molecule has 35 heavy (non-hydrogen) atoms. The van der Waals surface area contributed by atoms with Gasteiger partial charge in [-0.2, -0.15) is 0 Å². The fraction of sp³-hybridized carbons (Fsp3) is 0.0385. The van der Waals surface area contributed by atoms with Gasteiger partial charge in [-0.15, -0.1) is 0 Å². The number of aryl methyl sites for hydroxylation is 1. The number of hydrogen-bond donors (Lipinski definition) is 2. The number of thiocarbonyl (C=S) groups is 1. The van der Waals surface area contributed by atoms with Gasteiger partial charge in [-0.25, -0.2) is 4.98 Å². The van der Waals surface area contributed by atoms with Gasteiger partial charge in [0.25, 0.3) is 5.91 Å². The molecule has 0 spiro atoms. The topological polar surface area (TPSA) is 80.3 Å². The minimum absolute atomic E-state index is 0.0787. The zero-order valence-electron chi connectivity index (χ0n) is 18.3. The van der Waals surface area contributed by atoms with Crippen LogP contribution in [0.2, 0.25) is 10.0 Å². The number of hydrogen-bond acceptors (Lipinski definition) is 5. The number of halogens is 2. The maximum Gasteiger partial charge on any atom is 0.293 e. The zero-order chi connectivity index (χ0) is 24.5. The van der Waals surface area contributed by atoms with Gasteiger partial charge < -0.3 is 14.2 Å².